The summed E-state index contributed by atoms with van der Waals surface area (Å²) in [5.41, 5.74) is 4.92. The van der Waals surface area contributed by atoms with Crippen molar-refractivity contribution in [1.82, 2.24) is 4.72 Å². The summed E-state index contributed by atoms with van der Waals surface area (Å²) >= 11 is 5.10. The van der Waals surface area contributed by atoms with Crippen LogP contribution in [0.25, 0.3) is 0 Å². The van der Waals surface area contributed by atoms with Crippen LogP contribution in [-0.2, 0) is 10.0 Å². The zero-order chi connectivity index (χ0) is 15.7. The molecule has 1 aromatic carbocycles. The molecule has 0 spiro atoms. The van der Waals surface area contributed by atoms with Crippen LogP contribution in [0, 0.1) is 11.7 Å². The molecule has 0 unspecified atom stereocenters. The number of nitrogens with two attached hydrogens (primary N) is 1. The molecule has 1 aromatic rings. The molecule has 0 heterocycles. The molecule has 1 aliphatic carbocycles. The Morgan fingerprint density at radius 2 is 1.86 bits per heavy atom. The maximum Gasteiger partial charge on any atom is 0.241 e. The van der Waals surface area contributed by atoms with E-state index in [1.165, 1.54) is 12.1 Å². The lowest BCUT2D eigenvalue weighted by atomic mass is 9.78. The molecule has 0 atom stereocenters. The number of hydrogen-bond donors (Lipinski definition) is 2. The molecular formula is C14H19FN2O2S2. The average molecular weight is 330 g/mol. The van der Waals surface area contributed by atoms with Gasteiger partial charge in [-0.25, -0.2) is 12.8 Å². The average Bonchev–Trinajstić information content (AvgIpc) is 2.41. The fraction of sp³-hybridized carbons (Fsp3) is 0.500. The topological polar surface area (TPSA) is 72.2 Å². The Hall–Kier alpha value is -1.05. The van der Waals surface area contributed by atoms with E-state index >= 15 is 0 Å². The lowest BCUT2D eigenvalue weighted by Crippen LogP contribution is -2.58. The van der Waals surface area contributed by atoms with Gasteiger partial charge in [0.25, 0.3) is 0 Å². The van der Waals surface area contributed by atoms with Gasteiger partial charge in [-0.1, -0.05) is 19.1 Å². The van der Waals surface area contributed by atoms with Crippen molar-refractivity contribution >= 4 is 27.2 Å². The maximum absolute atomic E-state index is 12.9. The van der Waals surface area contributed by atoms with Gasteiger partial charge in [-0.05, 0) is 55.9 Å². The van der Waals surface area contributed by atoms with E-state index in [9.17, 15) is 12.8 Å². The Morgan fingerprint density at radius 1 is 1.33 bits per heavy atom. The minimum absolute atomic E-state index is 0.0122. The second-order valence-corrected chi connectivity index (χ2v) is 7.81. The zero-order valence-electron chi connectivity index (χ0n) is 11.8. The number of halogens is 1. The van der Waals surface area contributed by atoms with E-state index in [0.717, 1.165) is 25.0 Å². The first kappa shape index (κ1) is 16.3. The van der Waals surface area contributed by atoms with E-state index < -0.39 is 21.4 Å². The molecule has 1 saturated carbocycles. The van der Waals surface area contributed by atoms with Crippen molar-refractivity contribution in [2.75, 3.05) is 0 Å². The smallest absolute Gasteiger partial charge is 0.241 e. The number of sulfonamides is 1. The number of hydrogen-bond acceptors (Lipinski definition) is 3. The van der Waals surface area contributed by atoms with Crippen LogP contribution in [0.15, 0.2) is 29.2 Å². The fourth-order valence-corrected chi connectivity index (χ4v) is 4.34. The van der Waals surface area contributed by atoms with Crippen LogP contribution >= 0.6 is 12.2 Å². The second kappa shape index (κ2) is 5.98. The number of rotatable bonds is 4. The standard InChI is InChI=1S/C14H19FN2O2S2/c1-10-6-8-14(9-7-10,13(16)20)17-21(18,19)12-4-2-11(15)3-5-12/h2-5,10,17H,6-9H2,1H3,(H2,16,20). The van der Waals surface area contributed by atoms with Gasteiger partial charge in [-0.2, -0.15) is 4.72 Å². The third-order valence-electron chi connectivity index (χ3n) is 4.05. The van der Waals surface area contributed by atoms with Gasteiger partial charge < -0.3 is 5.73 Å². The molecule has 1 aliphatic rings. The Bertz CT molecular complexity index is 621. The van der Waals surface area contributed by atoms with Gasteiger partial charge in [0.15, 0.2) is 0 Å². The quantitative estimate of drug-likeness (QED) is 0.831. The molecule has 0 aromatic heterocycles. The van der Waals surface area contributed by atoms with E-state index in [4.69, 9.17) is 18.0 Å². The van der Waals surface area contributed by atoms with E-state index in [1.807, 2.05) is 0 Å². The molecular weight excluding hydrogens is 311 g/mol. The highest BCUT2D eigenvalue weighted by Gasteiger charge is 2.40. The van der Waals surface area contributed by atoms with E-state index in [1.54, 1.807) is 0 Å². The molecule has 0 saturated heterocycles. The van der Waals surface area contributed by atoms with Crippen LogP contribution in [0.2, 0.25) is 0 Å². The molecule has 0 radical (unpaired) electrons. The van der Waals surface area contributed by atoms with Crippen LogP contribution in [-0.4, -0.2) is 18.9 Å². The SMILES string of the molecule is CC1CCC(NS(=O)(=O)c2ccc(F)cc2)(C(N)=S)CC1. The van der Waals surface area contributed by atoms with Gasteiger partial charge in [-0.3, -0.25) is 0 Å². The molecule has 21 heavy (non-hydrogen) atoms. The molecule has 2 rings (SSSR count). The Kier molecular flexibility index (Phi) is 4.65. The summed E-state index contributed by atoms with van der Waals surface area (Å²) in [5.74, 6) is 0.0484. The molecule has 116 valence electrons. The fourth-order valence-electron chi connectivity index (χ4n) is 2.58. The van der Waals surface area contributed by atoms with Gasteiger partial charge in [0.1, 0.15) is 5.82 Å². The van der Waals surface area contributed by atoms with Crippen LogP contribution < -0.4 is 10.5 Å². The summed E-state index contributed by atoms with van der Waals surface area (Å²) in [4.78, 5) is 0.179. The Balaban J connectivity index is 2.28. The van der Waals surface area contributed by atoms with Crippen molar-refractivity contribution < 1.29 is 12.8 Å². The van der Waals surface area contributed by atoms with E-state index in [-0.39, 0.29) is 9.88 Å². The summed E-state index contributed by atoms with van der Waals surface area (Å²) in [6.45, 7) is 2.12. The van der Waals surface area contributed by atoms with Crippen molar-refractivity contribution in [1.29, 1.82) is 0 Å². The lowest BCUT2D eigenvalue weighted by Gasteiger charge is -2.38. The van der Waals surface area contributed by atoms with Gasteiger partial charge in [-0.15, -0.1) is 0 Å². The van der Waals surface area contributed by atoms with Gasteiger partial charge >= 0.3 is 0 Å². The first-order valence-corrected chi connectivity index (χ1v) is 8.74. The molecule has 0 aliphatic heterocycles. The van der Waals surface area contributed by atoms with Crippen molar-refractivity contribution in [3.8, 4) is 0 Å². The summed E-state index contributed by atoms with van der Waals surface area (Å²) in [6.07, 6.45) is 2.90. The van der Waals surface area contributed by atoms with Gasteiger partial charge in [0.2, 0.25) is 10.0 Å². The van der Waals surface area contributed by atoms with Gasteiger partial charge in [0.05, 0.1) is 15.4 Å². The Morgan fingerprint density at radius 3 is 2.33 bits per heavy atom. The zero-order valence-corrected chi connectivity index (χ0v) is 13.4. The third-order valence-corrected chi connectivity index (χ3v) is 6.00. The first-order valence-electron chi connectivity index (χ1n) is 6.85. The Labute approximate surface area is 130 Å². The van der Waals surface area contributed by atoms with Crippen LogP contribution in [0.5, 0.6) is 0 Å². The number of thiocarbonyl (C=S) groups is 1. The molecule has 0 bridgehead atoms. The maximum atomic E-state index is 12.9. The molecule has 7 heteroatoms. The van der Waals surface area contributed by atoms with Gasteiger partial charge in [0, 0.05) is 0 Å². The summed E-state index contributed by atoms with van der Waals surface area (Å²) in [6, 6.07) is 4.70. The van der Waals surface area contributed by atoms with Crippen LogP contribution in [0.1, 0.15) is 32.6 Å². The minimum atomic E-state index is -3.78. The normalized spacial score (nSPS) is 26.5. The molecule has 1 fully saturated rings. The summed E-state index contributed by atoms with van der Waals surface area (Å²) in [5, 5.41) is 0. The van der Waals surface area contributed by atoms with E-state index in [0.29, 0.717) is 18.8 Å². The second-order valence-electron chi connectivity index (χ2n) is 5.69. The first-order chi connectivity index (χ1) is 9.75. The lowest BCUT2D eigenvalue weighted by molar-refractivity contribution is 0.289. The largest absolute Gasteiger partial charge is 0.392 e. The van der Waals surface area contributed by atoms with Crippen molar-refractivity contribution in [3.05, 3.63) is 30.1 Å². The van der Waals surface area contributed by atoms with Crippen molar-refractivity contribution in [2.24, 2.45) is 11.7 Å². The highest BCUT2D eigenvalue weighted by atomic mass is 32.2. The number of benzene rings is 1. The third kappa shape index (κ3) is 3.59. The molecule has 3 N–H and O–H groups in total. The minimum Gasteiger partial charge on any atom is -0.392 e. The van der Waals surface area contributed by atoms with Crippen LogP contribution in [0.4, 0.5) is 4.39 Å². The molecule has 4 nitrogen and oxygen atoms in total. The van der Waals surface area contributed by atoms with Crippen molar-refractivity contribution in [3.63, 3.8) is 0 Å². The summed E-state index contributed by atoms with van der Waals surface area (Å²) in [7, 11) is -3.78. The number of nitrogens with one attached hydrogen (secondary N) is 1. The summed E-state index contributed by atoms with van der Waals surface area (Å²) < 4.78 is 40.5. The van der Waals surface area contributed by atoms with Crippen LogP contribution in [0.3, 0.4) is 0 Å². The van der Waals surface area contributed by atoms with E-state index in [2.05, 4.69) is 11.6 Å². The van der Waals surface area contributed by atoms with Crippen molar-refractivity contribution in [2.45, 2.75) is 43.0 Å². The monoisotopic (exact) mass is 330 g/mol. The highest BCUT2D eigenvalue weighted by molar-refractivity contribution is 7.89. The predicted octanol–water partition coefficient (Wildman–Crippen LogP) is 2.34. The molecule has 0 amide bonds. The predicted molar refractivity (Wildman–Crippen MR) is 83.9 cm³/mol. The highest BCUT2D eigenvalue weighted by Crippen LogP contribution is 2.33.